The molecule has 0 fully saturated rings. The molecule has 1 heterocycles. The molecule has 19 heavy (non-hydrogen) atoms. The van der Waals surface area contributed by atoms with Gasteiger partial charge in [-0.3, -0.25) is 0 Å². The van der Waals surface area contributed by atoms with E-state index in [-0.39, 0.29) is 6.04 Å². The van der Waals surface area contributed by atoms with E-state index in [9.17, 15) is 0 Å². The van der Waals surface area contributed by atoms with Gasteiger partial charge in [0, 0.05) is 10.9 Å². The highest BCUT2D eigenvalue weighted by atomic mass is 32.1. The summed E-state index contributed by atoms with van der Waals surface area (Å²) in [6, 6.07) is 8.14. The molecule has 0 radical (unpaired) electrons. The van der Waals surface area contributed by atoms with Crippen molar-refractivity contribution in [3.63, 3.8) is 0 Å². The summed E-state index contributed by atoms with van der Waals surface area (Å²) in [4.78, 5) is 1.34. The van der Waals surface area contributed by atoms with Crippen LogP contribution in [-0.4, -0.2) is 14.2 Å². The molecule has 1 aromatic heterocycles. The van der Waals surface area contributed by atoms with Crippen LogP contribution in [0.4, 0.5) is 5.69 Å². The highest BCUT2D eigenvalue weighted by Crippen LogP contribution is 2.33. The summed E-state index contributed by atoms with van der Waals surface area (Å²) in [5.41, 5.74) is 2.26. The SMILES string of the molecule is COc1ccc(OC)c(NC(C)c2sccc2C)c1. The van der Waals surface area contributed by atoms with Crippen LogP contribution in [0.15, 0.2) is 29.6 Å². The van der Waals surface area contributed by atoms with Gasteiger partial charge < -0.3 is 14.8 Å². The average molecular weight is 277 g/mol. The highest BCUT2D eigenvalue weighted by molar-refractivity contribution is 7.10. The molecule has 0 aliphatic carbocycles. The van der Waals surface area contributed by atoms with E-state index in [1.165, 1.54) is 10.4 Å². The van der Waals surface area contributed by atoms with Crippen LogP contribution < -0.4 is 14.8 Å². The minimum Gasteiger partial charge on any atom is -0.497 e. The van der Waals surface area contributed by atoms with E-state index in [0.717, 1.165) is 17.2 Å². The predicted molar refractivity (Wildman–Crippen MR) is 80.6 cm³/mol. The third-order valence-electron chi connectivity index (χ3n) is 3.07. The van der Waals surface area contributed by atoms with E-state index < -0.39 is 0 Å². The maximum absolute atomic E-state index is 5.38. The number of nitrogens with one attached hydrogen (secondary N) is 1. The molecule has 1 atom stereocenters. The van der Waals surface area contributed by atoms with Crippen molar-refractivity contribution in [3.8, 4) is 11.5 Å². The fourth-order valence-electron chi connectivity index (χ4n) is 2.05. The largest absolute Gasteiger partial charge is 0.497 e. The van der Waals surface area contributed by atoms with Crippen molar-refractivity contribution in [2.75, 3.05) is 19.5 Å². The standard InChI is InChI=1S/C15H19NO2S/c1-10-7-8-19-15(10)11(2)16-13-9-12(17-3)5-6-14(13)18-4/h5-9,11,16H,1-4H3. The number of thiophene rings is 1. The van der Waals surface area contributed by atoms with Gasteiger partial charge >= 0.3 is 0 Å². The number of ether oxygens (including phenoxy) is 2. The van der Waals surface area contributed by atoms with Gasteiger partial charge in [-0.1, -0.05) is 0 Å². The zero-order valence-electron chi connectivity index (χ0n) is 11.7. The summed E-state index contributed by atoms with van der Waals surface area (Å²) in [7, 11) is 3.34. The smallest absolute Gasteiger partial charge is 0.142 e. The summed E-state index contributed by atoms with van der Waals surface area (Å²) in [5, 5.41) is 5.60. The fourth-order valence-corrected chi connectivity index (χ4v) is 2.99. The van der Waals surface area contributed by atoms with E-state index in [1.54, 1.807) is 25.6 Å². The summed E-state index contributed by atoms with van der Waals surface area (Å²) >= 11 is 1.77. The molecular formula is C15H19NO2S. The van der Waals surface area contributed by atoms with Crippen molar-refractivity contribution < 1.29 is 9.47 Å². The maximum atomic E-state index is 5.38. The first-order chi connectivity index (χ1) is 9.15. The predicted octanol–water partition coefficient (Wildman–Crippen LogP) is 4.25. The minimum absolute atomic E-state index is 0.237. The third-order valence-corrected chi connectivity index (χ3v) is 4.28. The second kappa shape index (κ2) is 5.97. The van der Waals surface area contributed by atoms with Gasteiger partial charge in [-0.2, -0.15) is 0 Å². The van der Waals surface area contributed by atoms with E-state index in [1.807, 2.05) is 18.2 Å². The van der Waals surface area contributed by atoms with Crippen molar-refractivity contribution in [1.29, 1.82) is 0 Å². The molecule has 2 rings (SSSR count). The molecule has 4 heteroatoms. The lowest BCUT2D eigenvalue weighted by Gasteiger charge is -2.18. The molecule has 3 nitrogen and oxygen atoms in total. The minimum atomic E-state index is 0.237. The van der Waals surface area contributed by atoms with Crippen LogP contribution in [0.2, 0.25) is 0 Å². The van der Waals surface area contributed by atoms with Gasteiger partial charge in [0.2, 0.25) is 0 Å². The Bertz CT molecular complexity index is 551. The molecule has 1 aromatic carbocycles. The Balaban J connectivity index is 2.24. The van der Waals surface area contributed by atoms with Crippen molar-refractivity contribution in [3.05, 3.63) is 40.1 Å². The Morgan fingerprint density at radius 2 is 1.95 bits per heavy atom. The van der Waals surface area contributed by atoms with E-state index in [2.05, 4.69) is 30.6 Å². The molecule has 102 valence electrons. The van der Waals surface area contributed by atoms with Crippen LogP contribution in [0.5, 0.6) is 11.5 Å². The number of hydrogen-bond acceptors (Lipinski definition) is 4. The van der Waals surface area contributed by atoms with Gasteiger partial charge in [-0.25, -0.2) is 0 Å². The number of rotatable bonds is 5. The van der Waals surface area contributed by atoms with Gasteiger partial charge in [0.15, 0.2) is 0 Å². The molecular weight excluding hydrogens is 258 g/mol. The van der Waals surface area contributed by atoms with Crippen molar-refractivity contribution in [2.45, 2.75) is 19.9 Å². The second-order valence-corrected chi connectivity index (χ2v) is 5.35. The van der Waals surface area contributed by atoms with Crippen LogP contribution in [0.3, 0.4) is 0 Å². The Hall–Kier alpha value is -1.68. The van der Waals surface area contributed by atoms with Crippen LogP contribution in [0, 0.1) is 6.92 Å². The Kier molecular flexibility index (Phi) is 4.32. The molecule has 0 aliphatic heterocycles. The summed E-state index contributed by atoms with van der Waals surface area (Å²) in [6.07, 6.45) is 0. The lowest BCUT2D eigenvalue weighted by Crippen LogP contribution is -2.07. The number of hydrogen-bond donors (Lipinski definition) is 1. The van der Waals surface area contributed by atoms with E-state index >= 15 is 0 Å². The first-order valence-corrected chi connectivity index (χ1v) is 7.06. The zero-order valence-corrected chi connectivity index (χ0v) is 12.5. The zero-order chi connectivity index (χ0) is 13.8. The normalized spacial score (nSPS) is 12.0. The third kappa shape index (κ3) is 3.01. The maximum Gasteiger partial charge on any atom is 0.142 e. The van der Waals surface area contributed by atoms with Gasteiger partial charge in [0.25, 0.3) is 0 Å². The molecule has 0 saturated carbocycles. The van der Waals surface area contributed by atoms with Crippen molar-refractivity contribution >= 4 is 17.0 Å². The molecule has 2 aromatic rings. The van der Waals surface area contributed by atoms with Gasteiger partial charge in [0.1, 0.15) is 11.5 Å². The summed E-state index contributed by atoms with van der Waals surface area (Å²) in [6.45, 7) is 4.28. The Labute approximate surface area is 118 Å². The highest BCUT2D eigenvalue weighted by Gasteiger charge is 2.12. The van der Waals surface area contributed by atoms with Gasteiger partial charge in [0.05, 0.1) is 25.9 Å². The Morgan fingerprint density at radius 1 is 1.16 bits per heavy atom. The Morgan fingerprint density at radius 3 is 2.53 bits per heavy atom. The first kappa shape index (κ1) is 13.7. The quantitative estimate of drug-likeness (QED) is 0.886. The van der Waals surface area contributed by atoms with Crippen LogP contribution in [-0.2, 0) is 0 Å². The molecule has 1 N–H and O–H groups in total. The van der Waals surface area contributed by atoms with Gasteiger partial charge in [-0.15, -0.1) is 11.3 Å². The summed E-state index contributed by atoms with van der Waals surface area (Å²) in [5.74, 6) is 1.64. The second-order valence-electron chi connectivity index (χ2n) is 4.40. The van der Waals surface area contributed by atoms with E-state index in [4.69, 9.17) is 9.47 Å². The topological polar surface area (TPSA) is 30.5 Å². The first-order valence-electron chi connectivity index (χ1n) is 6.18. The number of anilines is 1. The number of aryl methyl sites for hydroxylation is 1. The molecule has 0 saturated heterocycles. The summed E-state index contributed by atoms with van der Waals surface area (Å²) < 4.78 is 10.6. The molecule has 0 spiro atoms. The average Bonchev–Trinajstić information content (AvgIpc) is 2.85. The fraction of sp³-hybridized carbons (Fsp3) is 0.333. The lowest BCUT2D eigenvalue weighted by atomic mass is 10.1. The van der Waals surface area contributed by atoms with Crippen LogP contribution in [0.1, 0.15) is 23.4 Å². The number of benzene rings is 1. The van der Waals surface area contributed by atoms with Gasteiger partial charge in [-0.05, 0) is 43.0 Å². The van der Waals surface area contributed by atoms with Crippen molar-refractivity contribution in [1.82, 2.24) is 0 Å². The molecule has 0 bridgehead atoms. The van der Waals surface area contributed by atoms with Crippen LogP contribution in [0.25, 0.3) is 0 Å². The molecule has 0 aliphatic rings. The van der Waals surface area contributed by atoms with Crippen molar-refractivity contribution in [2.24, 2.45) is 0 Å². The molecule has 1 unspecified atom stereocenters. The lowest BCUT2D eigenvalue weighted by molar-refractivity contribution is 0.404. The number of methoxy groups -OCH3 is 2. The molecule has 0 amide bonds. The monoisotopic (exact) mass is 277 g/mol. The van der Waals surface area contributed by atoms with Crippen LogP contribution >= 0.6 is 11.3 Å². The van der Waals surface area contributed by atoms with E-state index in [0.29, 0.717) is 0 Å².